The van der Waals surface area contributed by atoms with Crippen LogP contribution < -0.4 is 5.32 Å². The van der Waals surface area contributed by atoms with Gasteiger partial charge in [0.15, 0.2) is 5.82 Å². The fraction of sp³-hybridized carbons (Fsp3) is 0.412. The van der Waals surface area contributed by atoms with Gasteiger partial charge in [0.2, 0.25) is 5.91 Å². The third kappa shape index (κ3) is 2.22. The van der Waals surface area contributed by atoms with E-state index in [2.05, 4.69) is 39.6 Å². The number of hydrogen-bond donors (Lipinski definition) is 1. The van der Waals surface area contributed by atoms with Crippen LogP contribution in [0.3, 0.4) is 0 Å². The topological polar surface area (TPSA) is 58.4 Å². The number of nitrogens with zero attached hydrogens (tertiary/aromatic N) is 2. The summed E-state index contributed by atoms with van der Waals surface area (Å²) in [6, 6.07) is 11.4. The van der Waals surface area contributed by atoms with Crippen molar-refractivity contribution in [2.75, 3.05) is 11.9 Å². The zero-order chi connectivity index (χ0) is 15.1. The smallest absolute Gasteiger partial charge is 0.226 e. The Morgan fingerprint density at radius 3 is 2.59 bits per heavy atom. The van der Waals surface area contributed by atoms with Crippen LogP contribution in [0, 0.1) is 6.92 Å². The minimum atomic E-state index is -0.0105. The van der Waals surface area contributed by atoms with Crippen molar-refractivity contribution in [3.8, 4) is 0 Å². The van der Waals surface area contributed by atoms with Crippen molar-refractivity contribution in [2.24, 2.45) is 0 Å². The van der Waals surface area contributed by atoms with Gasteiger partial charge in [-0.1, -0.05) is 29.4 Å². The molecule has 4 rings (SSSR count). The van der Waals surface area contributed by atoms with Gasteiger partial charge in [0, 0.05) is 31.1 Å². The first-order valence-electron chi connectivity index (χ1n) is 7.80. The Labute approximate surface area is 129 Å². The minimum Gasteiger partial charge on any atom is -0.360 e. The molecule has 2 aliphatic heterocycles. The van der Waals surface area contributed by atoms with Gasteiger partial charge in [0.05, 0.1) is 0 Å². The van der Waals surface area contributed by atoms with Gasteiger partial charge in [-0.15, -0.1) is 0 Å². The van der Waals surface area contributed by atoms with Crippen LogP contribution >= 0.6 is 0 Å². The molecule has 5 heteroatoms. The molecule has 0 radical (unpaired) electrons. The number of anilines is 1. The van der Waals surface area contributed by atoms with Gasteiger partial charge >= 0.3 is 0 Å². The molecule has 2 bridgehead atoms. The Kier molecular flexibility index (Phi) is 3.22. The predicted octanol–water partition coefficient (Wildman–Crippen LogP) is 3.20. The monoisotopic (exact) mass is 297 g/mol. The van der Waals surface area contributed by atoms with Crippen molar-refractivity contribution in [1.82, 2.24) is 10.1 Å². The molecule has 5 nitrogen and oxygen atoms in total. The molecule has 1 saturated heterocycles. The summed E-state index contributed by atoms with van der Waals surface area (Å²) in [5, 5.41) is 6.58. The van der Waals surface area contributed by atoms with Crippen molar-refractivity contribution in [3.05, 3.63) is 47.2 Å². The maximum Gasteiger partial charge on any atom is 0.226 e. The fourth-order valence-corrected chi connectivity index (χ4v) is 3.82. The lowest BCUT2D eigenvalue weighted by atomic mass is 9.92. The maximum absolute atomic E-state index is 12.1. The Morgan fingerprint density at radius 1 is 1.32 bits per heavy atom. The van der Waals surface area contributed by atoms with Gasteiger partial charge < -0.3 is 9.84 Å². The molecule has 0 spiro atoms. The second kappa shape index (κ2) is 5.25. The van der Waals surface area contributed by atoms with Crippen LogP contribution in [0.1, 0.15) is 48.2 Å². The number of aryl methyl sites for hydroxylation is 1. The molecule has 2 atom stereocenters. The summed E-state index contributed by atoms with van der Waals surface area (Å²) in [5.74, 6) is 1.18. The van der Waals surface area contributed by atoms with E-state index in [1.807, 2.05) is 6.92 Å². The van der Waals surface area contributed by atoms with Gasteiger partial charge in [-0.05, 0) is 30.9 Å². The van der Waals surface area contributed by atoms with Crippen molar-refractivity contribution in [1.29, 1.82) is 0 Å². The highest BCUT2D eigenvalue weighted by atomic mass is 16.5. The highest BCUT2D eigenvalue weighted by Crippen LogP contribution is 2.52. The maximum atomic E-state index is 12.1. The Hall–Kier alpha value is -2.14. The normalized spacial score (nSPS) is 22.8. The molecule has 1 fully saturated rings. The minimum absolute atomic E-state index is 0.0105. The van der Waals surface area contributed by atoms with Crippen LogP contribution in [0.2, 0.25) is 0 Å². The molecule has 1 aromatic carbocycles. The molecular formula is C17H19N3O2. The van der Waals surface area contributed by atoms with Crippen LogP contribution in [-0.4, -0.2) is 22.5 Å². The number of aromatic nitrogens is 1. The van der Waals surface area contributed by atoms with E-state index in [-0.39, 0.29) is 5.91 Å². The molecule has 3 heterocycles. The largest absolute Gasteiger partial charge is 0.360 e. The van der Waals surface area contributed by atoms with Crippen molar-refractivity contribution < 1.29 is 9.32 Å². The van der Waals surface area contributed by atoms with Gasteiger partial charge in [-0.25, -0.2) is 0 Å². The molecule has 2 unspecified atom stereocenters. The Morgan fingerprint density at radius 2 is 2.00 bits per heavy atom. The second-order valence-corrected chi connectivity index (χ2v) is 6.10. The van der Waals surface area contributed by atoms with Crippen molar-refractivity contribution in [3.63, 3.8) is 0 Å². The van der Waals surface area contributed by atoms with Crippen molar-refractivity contribution in [2.45, 2.75) is 38.3 Å². The highest BCUT2D eigenvalue weighted by Gasteiger charge is 2.43. The van der Waals surface area contributed by atoms with E-state index in [4.69, 9.17) is 4.52 Å². The van der Waals surface area contributed by atoms with Gasteiger partial charge in [-0.3, -0.25) is 9.69 Å². The van der Waals surface area contributed by atoms with Gasteiger partial charge in [0.1, 0.15) is 5.76 Å². The predicted molar refractivity (Wildman–Crippen MR) is 82.4 cm³/mol. The molecule has 0 saturated carbocycles. The number of rotatable bonds is 4. The van der Waals surface area contributed by atoms with Gasteiger partial charge in [-0.2, -0.15) is 0 Å². The first-order chi connectivity index (χ1) is 10.7. The molecule has 2 aliphatic rings. The average molecular weight is 297 g/mol. The summed E-state index contributed by atoms with van der Waals surface area (Å²) < 4.78 is 4.95. The number of carbonyl (C=O) groups excluding carboxylic acids is 1. The molecule has 1 amide bonds. The van der Waals surface area contributed by atoms with Crippen LogP contribution in [-0.2, 0) is 4.79 Å². The van der Waals surface area contributed by atoms with Crippen LogP contribution in [0.15, 0.2) is 34.9 Å². The molecule has 1 N–H and O–H groups in total. The highest BCUT2D eigenvalue weighted by molar-refractivity contribution is 5.89. The standard InChI is InChI=1S/C17H19N3O2/c1-11-10-16(19-22-11)18-17(21)8-9-20-14-6-7-15(20)13-5-3-2-4-12(13)14/h2-5,10,14-15H,6-9H2,1H3,(H,18,19,21). The van der Waals surface area contributed by atoms with E-state index < -0.39 is 0 Å². The number of fused-ring (bicyclic) bond motifs is 5. The number of benzene rings is 1. The SMILES string of the molecule is Cc1cc(NC(=O)CCN2C3CCC2c2ccccc23)no1. The van der Waals surface area contributed by atoms with Crippen LogP contribution in [0.25, 0.3) is 0 Å². The van der Waals surface area contributed by atoms with Crippen LogP contribution in [0.5, 0.6) is 0 Å². The number of amides is 1. The third-order valence-corrected chi connectivity index (χ3v) is 4.72. The average Bonchev–Trinajstić information content (AvgIpc) is 3.19. The van der Waals surface area contributed by atoms with Gasteiger partial charge in [0.25, 0.3) is 0 Å². The second-order valence-electron chi connectivity index (χ2n) is 6.10. The van der Waals surface area contributed by atoms with E-state index >= 15 is 0 Å². The van der Waals surface area contributed by atoms with E-state index in [0.29, 0.717) is 30.1 Å². The molecule has 2 aromatic rings. The summed E-state index contributed by atoms with van der Waals surface area (Å²) in [6.07, 6.45) is 2.88. The quantitative estimate of drug-likeness (QED) is 0.941. The summed E-state index contributed by atoms with van der Waals surface area (Å²) in [7, 11) is 0. The zero-order valence-electron chi connectivity index (χ0n) is 12.6. The molecule has 114 valence electrons. The number of nitrogens with one attached hydrogen (secondary N) is 1. The summed E-state index contributed by atoms with van der Waals surface area (Å²) in [5.41, 5.74) is 2.90. The Bertz CT molecular complexity index is 678. The molecular weight excluding hydrogens is 278 g/mol. The first-order valence-corrected chi connectivity index (χ1v) is 7.80. The van der Waals surface area contributed by atoms with E-state index in [1.54, 1.807) is 6.07 Å². The Balaban J connectivity index is 1.38. The summed E-state index contributed by atoms with van der Waals surface area (Å²) >= 11 is 0. The number of hydrogen-bond acceptors (Lipinski definition) is 4. The van der Waals surface area contributed by atoms with E-state index in [0.717, 1.165) is 6.54 Å². The van der Waals surface area contributed by atoms with E-state index in [1.165, 1.54) is 24.0 Å². The molecule has 1 aromatic heterocycles. The van der Waals surface area contributed by atoms with Crippen molar-refractivity contribution >= 4 is 11.7 Å². The molecule has 22 heavy (non-hydrogen) atoms. The lowest BCUT2D eigenvalue weighted by Gasteiger charge is -2.21. The summed E-state index contributed by atoms with van der Waals surface area (Å²) in [6.45, 7) is 2.59. The zero-order valence-corrected chi connectivity index (χ0v) is 12.6. The molecule has 0 aliphatic carbocycles. The van der Waals surface area contributed by atoms with E-state index in [9.17, 15) is 4.79 Å². The fourth-order valence-electron chi connectivity index (χ4n) is 3.82. The lowest BCUT2D eigenvalue weighted by Crippen LogP contribution is -2.25. The third-order valence-electron chi connectivity index (χ3n) is 4.72. The summed E-state index contributed by atoms with van der Waals surface area (Å²) in [4.78, 5) is 14.5. The number of carbonyl (C=O) groups is 1. The van der Waals surface area contributed by atoms with Crippen LogP contribution in [0.4, 0.5) is 5.82 Å². The first kappa shape index (κ1) is 13.5. The lowest BCUT2D eigenvalue weighted by molar-refractivity contribution is -0.116.